The van der Waals surface area contributed by atoms with Crippen molar-refractivity contribution in [1.82, 2.24) is 4.72 Å². The van der Waals surface area contributed by atoms with Gasteiger partial charge in [-0.3, -0.25) is 0 Å². The van der Waals surface area contributed by atoms with Gasteiger partial charge in [-0.05, 0) is 31.9 Å². The Morgan fingerprint density at radius 3 is 2.50 bits per heavy atom. The van der Waals surface area contributed by atoms with Gasteiger partial charge in [-0.2, -0.15) is 0 Å². The maximum absolute atomic E-state index is 12.3. The molecule has 8 heteroatoms. The Hall–Kier alpha value is 0.150. The third kappa shape index (κ3) is 3.67. The second-order valence-electron chi connectivity index (χ2n) is 4.93. The van der Waals surface area contributed by atoms with Gasteiger partial charge in [-0.15, -0.1) is 0 Å². The first-order valence-electron chi connectivity index (χ1n) is 6.02. The SMILES string of the molecule is CC1(CNS(=O)(=O)c2c(Cl)cc(Br)cc2Cl)CCCO1. The Bertz CT molecular complexity index is 592. The van der Waals surface area contributed by atoms with Crippen molar-refractivity contribution in [3.8, 4) is 0 Å². The molecule has 1 atom stereocenters. The van der Waals surface area contributed by atoms with Gasteiger partial charge in [0.2, 0.25) is 10.0 Å². The Balaban J connectivity index is 2.23. The second kappa shape index (κ2) is 6.10. The van der Waals surface area contributed by atoms with Crippen LogP contribution in [0.5, 0.6) is 0 Å². The van der Waals surface area contributed by atoms with Crippen LogP contribution in [-0.4, -0.2) is 27.2 Å². The van der Waals surface area contributed by atoms with E-state index >= 15 is 0 Å². The fourth-order valence-electron chi connectivity index (χ4n) is 2.08. The summed E-state index contributed by atoms with van der Waals surface area (Å²) in [6.07, 6.45) is 1.75. The van der Waals surface area contributed by atoms with Crippen molar-refractivity contribution in [2.75, 3.05) is 13.2 Å². The lowest BCUT2D eigenvalue weighted by atomic mass is 10.0. The van der Waals surface area contributed by atoms with Crippen LogP contribution in [-0.2, 0) is 14.8 Å². The summed E-state index contributed by atoms with van der Waals surface area (Å²) in [7, 11) is -3.78. The molecule has 1 saturated heterocycles. The molecule has 0 aliphatic carbocycles. The summed E-state index contributed by atoms with van der Waals surface area (Å²) in [6.45, 7) is 2.73. The lowest BCUT2D eigenvalue weighted by Crippen LogP contribution is -2.40. The van der Waals surface area contributed by atoms with Crippen LogP contribution in [0.2, 0.25) is 10.0 Å². The normalized spacial score (nSPS) is 23.2. The number of nitrogens with one attached hydrogen (secondary N) is 1. The van der Waals surface area contributed by atoms with Crippen molar-refractivity contribution in [2.45, 2.75) is 30.3 Å². The first-order valence-corrected chi connectivity index (χ1v) is 9.05. The quantitative estimate of drug-likeness (QED) is 0.836. The molecule has 1 heterocycles. The predicted octanol–water partition coefficient (Wildman–Crippen LogP) is 3.60. The summed E-state index contributed by atoms with van der Waals surface area (Å²) in [5.74, 6) is 0. The molecule has 0 radical (unpaired) electrons. The molecule has 1 N–H and O–H groups in total. The monoisotopic (exact) mass is 401 g/mol. The van der Waals surface area contributed by atoms with Crippen LogP contribution < -0.4 is 4.72 Å². The minimum Gasteiger partial charge on any atom is -0.374 e. The van der Waals surface area contributed by atoms with Crippen LogP contribution >= 0.6 is 39.1 Å². The number of hydrogen-bond acceptors (Lipinski definition) is 3. The fraction of sp³-hybridized carbons (Fsp3) is 0.500. The van der Waals surface area contributed by atoms with Crippen LogP contribution in [0.3, 0.4) is 0 Å². The zero-order valence-electron chi connectivity index (χ0n) is 10.8. The number of hydrogen-bond donors (Lipinski definition) is 1. The van der Waals surface area contributed by atoms with Crippen molar-refractivity contribution in [3.05, 3.63) is 26.7 Å². The van der Waals surface area contributed by atoms with E-state index in [1.54, 1.807) is 0 Å². The summed E-state index contributed by atoms with van der Waals surface area (Å²) >= 11 is 15.2. The molecule has 0 aromatic heterocycles. The van der Waals surface area contributed by atoms with E-state index in [2.05, 4.69) is 20.7 Å². The Kier molecular flexibility index (Phi) is 5.04. The summed E-state index contributed by atoms with van der Waals surface area (Å²) in [6, 6.07) is 2.99. The average Bonchev–Trinajstić information content (AvgIpc) is 2.73. The molecule has 0 saturated carbocycles. The van der Waals surface area contributed by atoms with E-state index in [1.165, 1.54) is 12.1 Å². The van der Waals surface area contributed by atoms with Gasteiger partial charge < -0.3 is 4.74 Å². The molecule has 4 nitrogen and oxygen atoms in total. The highest BCUT2D eigenvalue weighted by atomic mass is 79.9. The third-order valence-electron chi connectivity index (χ3n) is 3.17. The van der Waals surface area contributed by atoms with Crippen molar-refractivity contribution in [2.24, 2.45) is 0 Å². The number of halogens is 3. The Morgan fingerprint density at radius 1 is 1.40 bits per heavy atom. The molecule has 0 amide bonds. The molecule has 1 fully saturated rings. The highest BCUT2D eigenvalue weighted by molar-refractivity contribution is 9.10. The fourth-order valence-corrected chi connectivity index (χ4v) is 5.17. The van der Waals surface area contributed by atoms with Crippen molar-refractivity contribution in [3.63, 3.8) is 0 Å². The van der Waals surface area contributed by atoms with Gasteiger partial charge in [0.25, 0.3) is 0 Å². The van der Waals surface area contributed by atoms with Gasteiger partial charge in [-0.1, -0.05) is 39.1 Å². The van der Waals surface area contributed by atoms with E-state index in [-0.39, 0.29) is 21.5 Å². The lowest BCUT2D eigenvalue weighted by Gasteiger charge is -2.23. The number of benzene rings is 1. The summed E-state index contributed by atoms with van der Waals surface area (Å²) in [5.41, 5.74) is -0.471. The molecular formula is C12H14BrCl2NO3S. The molecule has 0 bridgehead atoms. The van der Waals surface area contributed by atoms with Crippen molar-refractivity contribution >= 4 is 49.2 Å². The molecular weight excluding hydrogens is 389 g/mol. The van der Waals surface area contributed by atoms with E-state index in [4.69, 9.17) is 27.9 Å². The maximum Gasteiger partial charge on any atom is 0.243 e. The van der Waals surface area contributed by atoms with Crippen LogP contribution in [0.15, 0.2) is 21.5 Å². The molecule has 112 valence electrons. The minimum atomic E-state index is -3.78. The Labute approximate surface area is 137 Å². The van der Waals surface area contributed by atoms with E-state index < -0.39 is 15.6 Å². The largest absolute Gasteiger partial charge is 0.374 e. The van der Waals surface area contributed by atoms with E-state index in [9.17, 15) is 8.42 Å². The lowest BCUT2D eigenvalue weighted by molar-refractivity contribution is 0.0250. The number of sulfonamides is 1. The van der Waals surface area contributed by atoms with Crippen LogP contribution in [0.4, 0.5) is 0 Å². The van der Waals surface area contributed by atoms with Crippen molar-refractivity contribution < 1.29 is 13.2 Å². The van der Waals surface area contributed by atoms with Gasteiger partial charge in [0.1, 0.15) is 4.90 Å². The van der Waals surface area contributed by atoms with Crippen molar-refractivity contribution in [1.29, 1.82) is 0 Å². The molecule has 1 aliphatic heterocycles. The molecule has 2 rings (SSSR count). The number of rotatable bonds is 4. The van der Waals surface area contributed by atoms with E-state index in [0.717, 1.165) is 12.8 Å². The molecule has 20 heavy (non-hydrogen) atoms. The van der Waals surface area contributed by atoms with Gasteiger partial charge in [-0.25, -0.2) is 13.1 Å². The van der Waals surface area contributed by atoms with Gasteiger partial charge in [0, 0.05) is 17.6 Å². The topological polar surface area (TPSA) is 55.4 Å². The van der Waals surface area contributed by atoms with Gasteiger partial charge in [0.15, 0.2) is 0 Å². The number of ether oxygens (including phenoxy) is 1. The highest BCUT2D eigenvalue weighted by Gasteiger charge is 2.32. The smallest absolute Gasteiger partial charge is 0.243 e. The first-order chi connectivity index (χ1) is 9.23. The molecule has 1 aliphatic rings. The molecule has 1 aromatic rings. The maximum atomic E-state index is 12.3. The average molecular weight is 403 g/mol. The standard InChI is InChI=1S/C12H14BrCl2NO3S/c1-12(3-2-4-19-12)7-16-20(17,18)11-9(14)5-8(13)6-10(11)15/h5-6,16H,2-4,7H2,1H3. The second-order valence-corrected chi connectivity index (χ2v) is 8.36. The van der Waals surface area contributed by atoms with E-state index in [0.29, 0.717) is 11.1 Å². The zero-order valence-corrected chi connectivity index (χ0v) is 14.7. The van der Waals surface area contributed by atoms with Gasteiger partial charge >= 0.3 is 0 Å². The van der Waals surface area contributed by atoms with Crippen LogP contribution in [0.1, 0.15) is 19.8 Å². The van der Waals surface area contributed by atoms with Crippen LogP contribution in [0.25, 0.3) is 0 Å². The van der Waals surface area contributed by atoms with E-state index in [1.807, 2.05) is 6.92 Å². The molecule has 0 spiro atoms. The molecule has 1 unspecified atom stereocenters. The zero-order chi connectivity index (χ0) is 15.0. The summed E-state index contributed by atoms with van der Waals surface area (Å²) in [5, 5.41) is 0.156. The summed E-state index contributed by atoms with van der Waals surface area (Å²) in [4.78, 5) is -0.106. The first kappa shape index (κ1) is 16.5. The predicted molar refractivity (Wildman–Crippen MR) is 82.9 cm³/mol. The summed E-state index contributed by atoms with van der Waals surface area (Å²) < 4.78 is 33.4. The van der Waals surface area contributed by atoms with Crippen LogP contribution in [0, 0.1) is 0 Å². The van der Waals surface area contributed by atoms with Gasteiger partial charge in [0.05, 0.1) is 15.6 Å². The highest BCUT2D eigenvalue weighted by Crippen LogP contribution is 2.33. The minimum absolute atomic E-state index is 0.0781. The molecule has 1 aromatic carbocycles. The Morgan fingerprint density at radius 2 is 2.00 bits per heavy atom. The third-order valence-corrected chi connectivity index (χ3v) is 5.95.